The van der Waals surface area contributed by atoms with Crippen molar-refractivity contribution < 1.29 is 68.1 Å². The number of carboxylic acid groups (broad SMARTS) is 1. The van der Waals surface area contributed by atoms with Crippen LogP contribution in [0, 0.1) is 17.8 Å². The number of likely N-dealkylation sites (N-methyl/N-ethyl adjacent to an activating group) is 1. The Bertz CT molecular complexity index is 2230. The van der Waals surface area contributed by atoms with Gasteiger partial charge in [-0.25, -0.2) is 0 Å². The first-order valence-corrected chi connectivity index (χ1v) is 32.7. The molecule has 0 aliphatic carbocycles. The van der Waals surface area contributed by atoms with Gasteiger partial charge in [0.05, 0.1) is 12.2 Å². The second kappa shape index (κ2) is 47.3. The van der Waals surface area contributed by atoms with Gasteiger partial charge in [-0.1, -0.05) is 126 Å². The summed E-state index contributed by atoms with van der Waals surface area (Å²) in [5, 5.41) is 56.1. The topological polar surface area (TPSA) is 459 Å². The third kappa shape index (κ3) is 36.8. The summed E-state index contributed by atoms with van der Waals surface area (Å²) in [4.78, 5) is 153. The summed E-state index contributed by atoms with van der Waals surface area (Å²) in [6.07, 6.45) is 12.1. The molecule has 0 aliphatic rings. The minimum Gasteiger partial charge on any atom is -0.481 e. The maximum Gasteiger partial charge on any atom is 0.303 e. The molecule has 0 aromatic heterocycles. The van der Waals surface area contributed by atoms with Crippen LogP contribution >= 0.6 is 0 Å². The van der Waals surface area contributed by atoms with Crippen LogP contribution in [0.15, 0.2) is 4.99 Å². The highest BCUT2D eigenvalue weighted by Gasteiger charge is 2.37. The van der Waals surface area contributed by atoms with E-state index in [1.54, 1.807) is 27.7 Å². The van der Waals surface area contributed by atoms with Crippen LogP contribution < -0.4 is 70.4 Å². The number of aliphatic carboxylic acids is 1. The summed E-state index contributed by atoms with van der Waals surface area (Å²) in [5.74, 6) is -10.3. The summed E-state index contributed by atoms with van der Waals surface area (Å²) >= 11 is 0. The molecule has 0 saturated heterocycles. The van der Waals surface area contributed by atoms with Crippen molar-refractivity contribution in [2.24, 2.45) is 39.9 Å². The van der Waals surface area contributed by atoms with Crippen molar-refractivity contribution in [1.29, 1.82) is 0 Å². The van der Waals surface area contributed by atoms with Crippen LogP contribution in [0.25, 0.3) is 0 Å². The van der Waals surface area contributed by atoms with Crippen molar-refractivity contribution in [1.82, 2.24) is 53.2 Å². The SMILES string of the molecule is CCCCCCCCCCCCCCCC(=O)N[C@H](C(=O)N[C@@H](CC(C)C)C(=O)N[C@@H](C)C(=O)N[C@H](C(=O)N[C@@H](CCCCN)C(=O)N[C@@H](CC(C)C)C(=O)N[C@@H](CCCN=C(N)N)C(=O)N[C@@H](CCC(=O)O)C(=O)N[C@H](C(=O)NC)[C@@H](C)O)[C@H](C)O)C(C)C. The second-order valence-electron chi connectivity index (χ2n) is 24.8. The number of nitrogens with one attached hydrogen (secondary N) is 10. The van der Waals surface area contributed by atoms with E-state index in [0.717, 1.165) is 19.3 Å². The number of carbonyl (C=O) groups excluding carboxylic acids is 10. The lowest BCUT2D eigenvalue weighted by Crippen LogP contribution is -2.62. The van der Waals surface area contributed by atoms with Gasteiger partial charge in [-0.2, -0.15) is 0 Å². The first kappa shape index (κ1) is 83.3. The maximum absolute atomic E-state index is 14.3. The average molecular weight is 1280 g/mol. The van der Waals surface area contributed by atoms with Gasteiger partial charge in [0.25, 0.3) is 0 Å². The van der Waals surface area contributed by atoms with Gasteiger partial charge >= 0.3 is 5.97 Å². The van der Waals surface area contributed by atoms with Gasteiger partial charge in [-0.05, 0) is 103 Å². The van der Waals surface area contributed by atoms with E-state index < -0.39 is 139 Å². The molecule has 28 nitrogen and oxygen atoms in total. The molecule has 0 aliphatic heterocycles. The number of carboxylic acids is 1. The first-order valence-electron chi connectivity index (χ1n) is 32.7. The zero-order valence-corrected chi connectivity index (χ0v) is 55.8. The molecule has 0 heterocycles. The molecule has 0 spiro atoms. The van der Waals surface area contributed by atoms with Gasteiger partial charge in [0, 0.05) is 26.4 Å². The molecule has 10 amide bonds. The van der Waals surface area contributed by atoms with Gasteiger partial charge in [0.2, 0.25) is 59.1 Å². The minimum atomic E-state index is -1.70. The molecule has 0 aromatic carbocycles. The molecular formula is C62H116N14O14. The van der Waals surface area contributed by atoms with Crippen molar-refractivity contribution in [3.05, 3.63) is 0 Å². The summed E-state index contributed by atoms with van der Waals surface area (Å²) in [6, 6.07) is -12.4. The highest BCUT2D eigenvalue weighted by Crippen LogP contribution is 2.16. The first-order chi connectivity index (χ1) is 42.4. The molecule has 0 fully saturated rings. The van der Waals surface area contributed by atoms with Crippen molar-refractivity contribution in [3.8, 4) is 0 Å². The van der Waals surface area contributed by atoms with E-state index in [9.17, 15) is 68.1 Å². The van der Waals surface area contributed by atoms with Crippen molar-refractivity contribution in [2.45, 2.75) is 284 Å². The van der Waals surface area contributed by atoms with Crippen LogP contribution in [-0.2, 0) is 52.7 Å². The lowest BCUT2D eigenvalue weighted by atomic mass is 9.99. The molecule has 0 unspecified atom stereocenters. The molecule has 0 saturated carbocycles. The van der Waals surface area contributed by atoms with Crippen LogP contribution in [0.4, 0.5) is 0 Å². The van der Waals surface area contributed by atoms with Gasteiger partial charge in [-0.3, -0.25) is 57.7 Å². The van der Waals surface area contributed by atoms with E-state index in [1.807, 2.05) is 13.8 Å². The summed E-state index contributed by atoms with van der Waals surface area (Å²) in [7, 11) is 1.27. The summed E-state index contributed by atoms with van der Waals surface area (Å²) in [5.41, 5.74) is 16.8. The predicted octanol–water partition coefficient (Wildman–Crippen LogP) is 1.15. The Morgan fingerprint density at radius 1 is 0.411 bits per heavy atom. The molecule has 19 N–H and O–H groups in total. The average Bonchev–Trinajstić information content (AvgIpc) is 2.26. The zero-order chi connectivity index (χ0) is 68.5. The fourth-order valence-corrected chi connectivity index (χ4v) is 9.78. The van der Waals surface area contributed by atoms with E-state index in [-0.39, 0.29) is 87.7 Å². The molecule has 0 bridgehead atoms. The Morgan fingerprint density at radius 3 is 1.24 bits per heavy atom. The van der Waals surface area contributed by atoms with Crippen molar-refractivity contribution in [2.75, 3.05) is 20.1 Å². The number of aliphatic hydroxyl groups is 2. The Kier molecular flexibility index (Phi) is 43.8. The Hall–Kier alpha value is -6.68. The number of hydrogen-bond donors (Lipinski definition) is 16. The third-order valence-electron chi connectivity index (χ3n) is 15.0. The largest absolute Gasteiger partial charge is 0.481 e. The molecular weight excluding hydrogens is 1160 g/mol. The van der Waals surface area contributed by atoms with Gasteiger partial charge in [0.15, 0.2) is 5.96 Å². The van der Waals surface area contributed by atoms with E-state index >= 15 is 0 Å². The van der Waals surface area contributed by atoms with Gasteiger partial charge in [0.1, 0.15) is 54.4 Å². The van der Waals surface area contributed by atoms with Crippen molar-refractivity contribution in [3.63, 3.8) is 0 Å². The van der Waals surface area contributed by atoms with Crippen LogP contribution in [-0.4, -0.2) is 173 Å². The van der Waals surface area contributed by atoms with Gasteiger partial charge < -0.3 is 85.7 Å². The number of guanidine groups is 1. The summed E-state index contributed by atoms with van der Waals surface area (Å²) in [6.45, 7) is 17.0. The van der Waals surface area contributed by atoms with E-state index in [1.165, 1.54) is 85.6 Å². The number of aliphatic imine (C=N–C) groups is 1. The van der Waals surface area contributed by atoms with Crippen LogP contribution in [0.5, 0.6) is 0 Å². The number of nitrogens with zero attached hydrogens (tertiary/aromatic N) is 1. The predicted molar refractivity (Wildman–Crippen MR) is 344 cm³/mol. The Labute approximate surface area is 534 Å². The summed E-state index contributed by atoms with van der Waals surface area (Å²) < 4.78 is 0. The number of nitrogens with two attached hydrogens (primary N) is 3. The number of unbranched alkanes of at least 4 members (excludes halogenated alkanes) is 13. The van der Waals surface area contributed by atoms with E-state index in [4.69, 9.17) is 17.2 Å². The van der Waals surface area contributed by atoms with Crippen molar-refractivity contribution >= 4 is 71.0 Å². The normalized spacial score (nSPS) is 15.0. The monoisotopic (exact) mass is 1280 g/mol. The number of carbonyl (C=O) groups is 11. The van der Waals surface area contributed by atoms with Crippen LogP contribution in [0.1, 0.15) is 217 Å². The fourth-order valence-electron chi connectivity index (χ4n) is 9.78. The number of amides is 10. The number of hydrogen-bond acceptors (Lipinski definition) is 15. The number of rotatable bonds is 50. The lowest BCUT2D eigenvalue weighted by Gasteiger charge is -2.29. The molecule has 28 heteroatoms. The smallest absolute Gasteiger partial charge is 0.303 e. The molecule has 0 aromatic rings. The van der Waals surface area contributed by atoms with Gasteiger partial charge in [-0.15, -0.1) is 0 Å². The number of aliphatic hydroxyl groups excluding tert-OH is 2. The molecule has 11 atom stereocenters. The molecule has 0 radical (unpaired) electrons. The Balaban J connectivity index is 6.34. The molecule has 518 valence electrons. The Morgan fingerprint density at radius 2 is 0.800 bits per heavy atom. The fraction of sp³-hybridized carbons (Fsp3) is 0.806. The highest BCUT2D eigenvalue weighted by atomic mass is 16.4. The van der Waals surface area contributed by atoms with Crippen LogP contribution in [0.2, 0.25) is 0 Å². The highest BCUT2D eigenvalue weighted by molar-refractivity contribution is 5.98. The standard InChI is InChI=1S/C62H116N14O14/c1-12-13-14-15-16-17-18-19-20-21-22-23-24-30-48(79)74-50(39(6)7)60(89)73-46(35-37(2)3)57(86)68-40(8)53(82)75-52(42(10)78)61(90)71-43(28-25-26-33-63)55(84)72-47(36-38(4)5)58(87)69-44(29-27-34-67-62(64)65)54(83)70-45(31-32-49(80)81)56(85)76-51(41(9)77)59(88)66-11/h37-47,50-52,77-78H,12-36,63H2,1-11H3,(H,66,88)(H,68,86)(H,69,87)(H,70,83)(H,71,90)(H,72,84)(H,73,89)(H,74,79)(H,75,82)(H,76,85)(H,80,81)(H4,64,65,67)/t40-,41+,42-,43-,44-,45-,46-,47-,50-,51-,52-/m0/s1. The van der Waals surface area contributed by atoms with E-state index in [0.29, 0.717) is 12.8 Å². The lowest BCUT2D eigenvalue weighted by molar-refractivity contribution is -0.139. The minimum absolute atomic E-state index is 0.00910. The zero-order valence-electron chi connectivity index (χ0n) is 55.8. The molecule has 0 rings (SSSR count). The molecule has 90 heavy (non-hydrogen) atoms. The van der Waals surface area contributed by atoms with Crippen LogP contribution in [0.3, 0.4) is 0 Å². The second-order valence-corrected chi connectivity index (χ2v) is 24.8. The maximum atomic E-state index is 14.3. The quantitative estimate of drug-likeness (QED) is 0.0231. The van der Waals surface area contributed by atoms with E-state index in [2.05, 4.69) is 65.1 Å². The third-order valence-corrected chi connectivity index (χ3v) is 15.0.